The molecule has 6 nitrogen and oxygen atoms in total. The molecule has 0 unspecified atom stereocenters. The Balaban J connectivity index is 2.04. The van der Waals surface area contributed by atoms with Crippen molar-refractivity contribution in [1.82, 2.24) is 20.2 Å². The lowest BCUT2D eigenvalue weighted by molar-refractivity contribution is 0.101. The Labute approximate surface area is 127 Å². The highest BCUT2D eigenvalue weighted by Gasteiger charge is 2.11. The molecule has 22 heavy (non-hydrogen) atoms. The fourth-order valence-electron chi connectivity index (χ4n) is 2.19. The van der Waals surface area contributed by atoms with Crippen molar-refractivity contribution < 1.29 is 4.79 Å². The molecule has 110 valence electrons. The largest absolute Gasteiger partial charge is 0.326 e. The summed E-state index contributed by atoms with van der Waals surface area (Å²) in [5.41, 5.74) is 8.90. The van der Waals surface area contributed by atoms with Crippen LogP contribution < -0.4 is 5.73 Å². The van der Waals surface area contributed by atoms with E-state index < -0.39 is 0 Å². The van der Waals surface area contributed by atoms with E-state index in [1.54, 1.807) is 16.8 Å². The van der Waals surface area contributed by atoms with Gasteiger partial charge in [0.2, 0.25) is 0 Å². The summed E-state index contributed by atoms with van der Waals surface area (Å²) < 4.78 is 1.61. The second-order valence-electron chi connectivity index (χ2n) is 4.92. The van der Waals surface area contributed by atoms with Crippen LogP contribution in [0.3, 0.4) is 0 Å². The van der Waals surface area contributed by atoms with Crippen LogP contribution in [0, 0.1) is 0 Å². The average Bonchev–Trinajstić information content (AvgIpc) is 3.04. The Bertz CT molecular complexity index is 807. The summed E-state index contributed by atoms with van der Waals surface area (Å²) in [4.78, 5) is 11.5. The van der Waals surface area contributed by atoms with E-state index in [1.165, 1.54) is 6.92 Å². The number of tetrazole rings is 1. The van der Waals surface area contributed by atoms with Gasteiger partial charge < -0.3 is 5.73 Å². The normalized spacial score (nSPS) is 10.6. The third kappa shape index (κ3) is 2.64. The highest BCUT2D eigenvalue weighted by atomic mass is 16.1. The Morgan fingerprint density at radius 2 is 1.95 bits per heavy atom. The molecule has 1 aromatic heterocycles. The number of nitrogens with two attached hydrogens (primary N) is 1. The van der Waals surface area contributed by atoms with Crippen LogP contribution in [0.25, 0.3) is 17.1 Å². The number of Topliss-reactive ketones (excluding diaryl/α,β-unsaturated/α-hetero) is 1. The lowest BCUT2D eigenvalue weighted by Crippen LogP contribution is -2.02. The summed E-state index contributed by atoms with van der Waals surface area (Å²) >= 11 is 0. The summed E-state index contributed by atoms with van der Waals surface area (Å²) in [5, 5.41) is 11.8. The Morgan fingerprint density at radius 1 is 1.18 bits per heavy atom. The zero-order valence-electron chi connectivity index (χ0n) is 12.1. The highest BCUT2D eigenvalue weighted by Crippen LogP contribution is 2.20. The van der Waals surface area contributed by atoms with Crippen LogP contribution in [0.15, 0.2) is 48.5 Å². The number of aromatic nitrogens is 4. The predicted molar refractivity (Wildman–Crippen MR) is 82.5 cm³/mol. The quantitative estimate of drug-likeness (QED) is 0.743. The maximum atomic E-state index is 11.5. The molecule has 0 aliphatic carbocycles. The van der Waals surface area contributed by atoms with Crippen molar-refractivity contribution >= 4 is 5.78 Å². The summed E-state index contributed by atoms with van der Waals surface area (Å²) in [6, 6.07) is 15.0. The standard InChI is InChI=1S/C16H15N5O/c1-11(22)14-3-2-4-15(9-14)21-16(18-19-20-21)13-7-5-12(10-17)6-8-13/h2-9H,10,17H2,1H3. The van der Waals surface area contributed by atoms with Crippen LogP contribution in [-0.4, -0.2) is 26.0 Å². The molecule has 6 heteroatoms. The van der Waals surface area contributed by atoms with Crippen LogP contribution in [0.1, 0.15) is 22.8 Å². The molecular formula is C16H15N5O. The minimum atomic E-state index is 0.00349. The van der Waals surface area contributed by atoms with Gasteiger partial charge in [0.25, 0.3) is 0 Å². The molecular weight excluding hydrogens is 278 g/mol. The van der Waals surface area contributed by atoms with Gasteiger partial charge in [-0.25, -0.2) is 0 Å². The predicted octanol–water partition coefficient (Wildman–Crippen LogP) is 1.99. The Morgan fingerprint density at radius 3 is 2.64 bits per heavy atom. The molecule has 0 spiro atoms. The first-order valence-corrected chi connectivity index (χ1v) is 6.88. The molecule has 0 atom stereocenters. The van der Waals surface area contributed by atoms with E-state index in [0.717, 1.165) is 16.8 Å². The third-order valence-electron chi connectivity index (χ3n) is 3.41. The van der Waals surface area contributed by atoms with E-state index >= 15 is 0 Å². The van der Waals surface area contributed by atoms with E-state index in [4.69, 9.17) is 5.73 Å². The molecule has 0 bridgehead atoms. The number of hydrogen-bond acceptors (Lipinski definition) is 5. The molecule has 3 aromatic rings. The van der Waals surface area contributed by atoms with E-state index in [1.807, 2.05) is 36.4 Å². The van der Waals surface area contributed by atoms with Crippen molar-refractivity contribution in [2.45, 2.75) is 13.5 Å². The Kier molecular flexibility index (Phi) is 3.76. The van der Waals surface area contributed by atoms with Crippen molar-refractivity contribution in [3.63, 3.8) is 0 Å². The number of carbonyl (C=O) groups is 1. The SMILES string of the molecule is CC(=O)c1cccc(-n2nnnc2-c2ccc(CN)cc2)c1. The van der Waals surface area contributed by atoms with E-state index in [2.05, 4.69) is 15.5 Å². The van der Waals surface area contributed by atoms with Crippen LogP contribution in [-0.2, 0) is 6.54 Å². The topological polar surface area (TPSA) is 86.7 Å². The number of nitrogens with zero attached hydrogens (tertiary/aromatic N) is 4. The highest BCUT2D eigenvalue weighted by molar-refractivity contribution is 5.94. The van der Waals surface area contributed by atoms with Crippen LogP contribution in [0.5, 0.6) is 0 Å². The minimum absolute atomic E-state index is 0.00349. The van der Waals surface area contributed by atoms with Crippen molar-refractivity contribution in [1.29, 1.82) is 0 Å². The number of carbonyl (C=O) groups excluding carboxylic acids is 1. The van der Waals surface area contributed by atoms with Gasteiger partial charge in [-0.05, 0) is 35.0 Å². The first kappa shape index (κ1) is 14.1. The summed E-state index contributed by atoms with van der Waals surface area (Å²) in [6.07, 6.45) is 0. The third-order valence-corrected chi connectivity index (χ3v) is 3.41. The number of benzene rings is 2. The lowest BCUT2D eigenvalue weighted by atomic mass is 10.1. The van der Waals surface area contributed by atoms with Gasteiger partial charge in [-0.15, -0.1) is 5.10 Å². The Hall–Kier alpha value is -2.86. The van der Waals surface area contributed by atoms with Gasteiger partial charge in [-0.3, -0.25) is 4.79 Å². The first-order chi connectivity index (χ1) is 10.7. The van der Waals surface area contributed by atoms with Gasteiger partial charge in [-0.1, -0.05) is 36.4 Å². The smallest absolute Gasteiger partial charge is 0.187 e. The molecule has 0 saturated heterocycles. The molecule has 0 fully saturated rings. The number of ketones is 1. The molecule has 0 aliphatic heterocycles. The maximum Gasteiger partial charge on any atom is 0.187 e. The summed E-state index contributed by atoms with van der Waals surface area (Å²) in [5.74, 6) is 0.619. The lowest BCUT2D eigenvalue weighted by Gasteiger charge is -2.06. The molecule has 0 saturated carbocycles. The average molecular weight is 293 g/mol. The van der Waals surface area contributed by atoms with E-state index in [0.29, 0.717) is 17.9 Å². The van der Waals surface area contributed by atoms with Gasteiger partial charge in [0, 0.05) is 17.7 Å². The molecule has 3 rings (SSSR count). The van der Waals surface area contributed by atoms with Gasteiger partial charge >= 0.3 is 0 Å². The second kappa shape index (κ2) is 5.87. The first-order valence-electron chi connectivity index (χ1n) is 6.88. The minimum Gasteiger partial charge on any atom is -0.326 e. The van der Waals surface area contributed by atoms with Gasteiger partial charge in [0.15, 0.2) is 11.6 Å². The van der Waals surface area contributed by atoms with Crippen LogP contribution >= 0.6 is 0 Å². The van der Waals surface area contributed by atoms with Crippen molar-refractivity contribution in [2.24, 2.45) is 5.73 Å². The summed E-state index contributed by atoms with van der Waals surface area (Å²) in [6.45, 7) is 2.02. The monoisotopic (exact) mass is 293 g/mol. The fraction of sp³-hybridized carbons (Fsp3) is 0.125. The van der Waals surface area contributed by atoms with Crippen molar-refractivity contribution in [3.05, 3.63) is 59.7 Å². The number of hydrogen-bond donors (Lipinski definition) is 1. The molecule has 0 aliphatic rings. The van der Waals surface area contributed by atoms with Gasteiger partial charge in [0.05, 0.1) is 5.69 Å². The molecule has 0 radical (unpaired) electrons. The maximum absolute atomic E-state index is 11.5. The van der Waals surface area contributed by atoms with Gasteiger partial charge in [0.1, 0.15) is 0 Å². The fourth-order valence-corrected chi connectivity index (χ4v) is 2.19. The number of rotatable bonds is 4. The molecule has 2 aromatic carbocycles. The zero-order chi connectivity index (χ0) is 15.5. The van der Waals surface area contributed by atoms with Crippen molar-refractivity contribution in [2.75, 3.05) is 0 Å². The van der Waals surface area contributed by atoms with Crippen LogP contribution in [0.4, 0.5) is 0 Å². The van der Waals surface area contributed by atoms with Crippen molar-refractivity contribution in [3.8, 4) is 17.1 Å². The van der Waals surface area contributed by atoms with E-state index in [-0.39, 0.29) is 5.78 Å². The molecule has 2 N–H and O–H groups in total. The van der Waals surface area contributed by atoms with Gasteiger partial charge in [-0.2, -0.15) is 4.68 Å². The summed E-state index contributed by atoms with van der Waals surface area (Å²) in [7, 11) is 0. The van der Waals surface area contributed by atoms with Crippen LogP contribution in [0.2, 0.25) is 0 Å². The second-order valence-corrected chi connectivity index (χ2v) is 4.92. The molecule has 1 heterocycles. The zero-order valence-corrected chi connectivity index (χ0v) is 12.1. The van der Waals surface area contributed by atoms with E-state index in [9.17, 15) is 4.79 Å². The molecule has 0 amide bonds.